The highest BCUT2D eigenvalue weighted by atomic mass is 35.5. The molecule has 2 amide bonds. The monoisotopic (exact) mass is 695 g/mol. The van der Waals surface area contributed by atoms with Crippen molar-refractivity contribution in [3.05, 3.63) is 124 Å². The van der Waals surface area contributed by atoms with E-state index >= 15 is 0 Å². The first-order valence-corrected chi connectivity index (χ1v) is 17.2. The van der Waals surface area contributed by atoms with Crippen LogP contribution in [0.25, 0.3) is 0 Å². The molecule has 248 valence electrons. The second-order valence-corrected chi connectivity index (χ2v) is 14.9. The fraction of sp³-hybridized carbons (Fsp3) is 0.278. The van der Waals surface area contributed by atoms with E-state index in [1.54, 1.807) is 54.6 Å². The maximum atomic E-state index is 14.7. The average Bonchev–Trinajstić information content (AvgIpc) is 3.03. The van der Waals surface area contributed by atoms with Gasteiger partial charge in [-0.2, -0.15) is 0 Å². The van der Waals surface area contributed by atoms with Crippen LogP contribution in [0, 0.1) is 6.92 Å². The molecule has 1 atom stereocenters. The minimum Gasteiger partial charge on any atom is -0.495 e. The van der Waals surface area contributed by atoms with E-state index in [1.807, 2.05) is 58.0 Å². The molecule has 0 aliphatic rings. The summed E-state index contributed by atoms with van der Waals surface area (Å²) in [5, 5.41) is 3.64. The number of benzene rings is 4. The Bertz CT molecular complexity index is 1810. The molecular formula is C36H39Cl2N3O5S. The number of rotatable bonds is 12. The Kier molecular flexibility index (Phi) is 11.6. The van der Waals surface area contributed by atoms with E-state index in [9.17, 15) is 18.0 Å². The Hall–Kier alpha value is -4.05. The van der Waals surface area contributed by atoms with Crippen LogP contribution < -0.4 is 14.4 Å². The molecular weight excluding hydrogens is 657 g/mol. The first-order chi connectivity index (χ1) is 22.2. The lowest BCUT2D eigenvalue weighted by Gasteiger charge is -2.35. The van der Waals surface area contributed by atoms with Gasteiger partial charge in [0.1, 0.15) is 18.3 Å². The van der Waals surface area contributed by atoms with Gasteiger partial charge in [0.2, 0.25) is 11.8 Å². The summed E-state index contributed by atoms with van der Waals surface area (Å²) in [6.07, 6.45) is 0.176. The summed E-state index contributed by atoms with van der Waals surface area (Å²) in [6, 6.07) is 26.3. The third-order valence-electron chi connectivity index (χ3n) is 7.35. The minimum atomic E-state index is -4.28. The summed E-state index contributed by atoms with van der Waals surface area (Å²) < 4.78 is 35.1. The lowest BCUT2D eigenvalue weighted by Crippen LogP contribution is -2.56. The molecule has 4 aromatic carbocycles. The van der Waals surface area contributed by atoms with Crippen LogP contribution in [-0.2, 0) is 32.6 Å². The van der Waals surface area contributed by atoms with Crippen molar-refractivity contribution in [2.24, 2.45) is 0 Å². The Labute approximate surface area is 287 Å². The van der Waals surface area contributed by atoms with Gasteiger partial charge in [-0.1, -0.05) is 89.4 Å². The molecule has 4 rings (SSSR count). The molecule has 0 radical (unpaired) electrons. The van der Waals surface area contributed by atoms with E-state index in [4.69, 9.17) is 27.9 Å². The van der Waals surface area contributed by atoms with Crippen LogP contribution in [0.2, 0.25) is 10.0 Å². The second kappa shape index (κ2) is 15.2. The summed E-state index contributed by atoms with van der Waals surface area (Å²) in [7, 11) is -2.85. The van der Waals surface area contributed by atoms with Crippen LogP contribution in [-0.4, -0.2) is 50.4 Å². The lowest BCUT2D eigenvalue weighted by molar-refractivity contribution is -0.140. The zero-order chi connectivity index (χ0) is 34.4. The third kappa shape index (κ3) is 9.28. The Morgan fingerprint density at radius 2 is 1.49 bits per heavy atom. The number of hydrogen-bond donors (Lipinski definition) is 1. The summed E-state index contributed by atoms with van der Waals surface area (Å²) in [5.74, 6) is -0.735. The minimum absolute atomic E-state index is 0.00384. The number of para-hydroxylation sites is 2. The summed E-state index contributed by atoms with van der Waals surface area (Å²) >= 11 is 12.6. The fourth-order valence-corrected chi connectivity index (χ4v) is 6.77. The van der Waals surface area contributed by atoms with Gasteiger partial charge < -0.3 is 15.0 Å². The van der Waals surface area contributed by atoms with Crippen LogP contribution in [0.4, 0.5) is 5.69 Å². The molecule has 4 aromatic rings. The second-order valence-electron chi connectivity index (χ2n) is 12.2. The maximum absolute atomic E-state index is 14.7. The smallest absolute Gasteiger partial charge is 0.264 e. The Balaban J connectivity index is 1.86. The number of aryl methyl sites for hydroxylation is 1. The largest absolute Gasteiger partial charge is 0.495 e. The maximum Gasteiger partial charge on any atom is 0.264 e. The summed E-state index contributed by atoms with van der Waals surface area (Å²) in [5.41, 5.74) is 1.88. The first-order valence-electron chi connectivity index (χ1n) is 15.0. The van der Waals surface area contributed by atoms with Crippen LogP contribution >= 0.6 is 23.2 Å². The van der Waals surface area contributed by atoms with Crippen molar-refractivity contribution in [1.29, 1.82) is 0 Å². The zero-order valence-corrected chi connectivity index (χ0v) is 29.4. The summed E-state index contributed by atoms with van der Waals surface area (Å²) in [4.78, 5) is 30.1. The van der Waals surface area contributed by atoms with Crippen LogP contribution in [0.15, 0.2) is 102 Å². The Morgan fingerprint density at radius 3 is 2.11 bits per heavy atom. The van der Waals surface area contributed by atoms with E-state index in [-0.39, 0.29) is 40.2 Å². The third-order valence-corrected chi connectivity index (χ3v) is 9.86. The zero-order valence-electron chi connectivity index (χ0n) is 27.0. The van der Waals surface area contributed by atoms with Crippen LogP contribution in [0.5, 0.6) is 5.75 Å². The van der Waals surface area contributed by atoms with Crippen molar-refractivity contribution in [2.45, 2.75) is 57.1 Å². The van der Waals surface area contributed by atoms with Gasteiger partial charge in [-0.25, -0.2) is 8.42 Å². The molecule has 1 N–H and O–H groups in total. The number of ether oxygens (including phenoxy) is 1. The first kappa shape index (κ1) is 35.8. The predicted molar refractivity (Wildman–Crippen MR) is 188 cm³/mol. The normalized spacial score (nSPS) is 12.2. The number of nitrogens with one attached hydrogen (secondary N) is 1. The number of methoxy groups -OCH3 is 1. The highest BCUT2D eigenvalue weighted by molar-refractivity contribution is 7.92. The quantitative estimate of drug-likeness (QED) is 0.171. The van der Waals surface area contributed by atoms with E-state index < -0.39 is 34.1 Å². The van der Waals surface area contributed by atoms with Crippen molar-refractivity contribution in [1.82, 2.24) is 10.2 Å². The molecule has 0 saturated heterocycles. The molecule has 0 bridgehead atoms. The molecule has 0 fully saturated rings. The molecule has 0 saturated carbocycles. The molecule has 11 heteroatoms. The number of amides is 2. The predicted octanol–water partition coefficient (Wildman–Crippen LogP) is 7.06. The molecule has 0 unspecified atom stereocenters. The van der Waals surface area contributed by atoms with Gasteiger partial charge in [0.05, 0.1) is 27.7 Å². The van der Waals surface area contributed by atoms with E-state index in [2.05, 4.69) is 5.32 Å². The van der Waals surface area contributed by atoms with Gasteiger partial charge in [-0.15, -0.1) is 0 Å². The van der Waals surface area contributed by atoms with Gasteiger partial charge in [0.15, 0.2) is 0 Å². The van der Waals surface area contributed by atoms with Crippen molar-refractivity contribution < 1.29 is 22.7 Å². The molecule has 0 aliphatic heterocycles. The molecule has 0 aliphatic carbocycles. The van der Waals surface area contributed by atoms with Crippen molar-refractivity contribution in [3.63, 3.8) is 0 Å². The summed E-state index contributed by atoms with van der Waals surface area (Å²) in [6.45, 7) is 6.75. The van der Waals surface area contributed by atoms with Gasteiger partial charge in [-0.05, 0) is 75.2 Å². The lowest BCUT2D eigenvalue weighted by atomic mass is 10.0. The SMILES string of the molecule is COc1ccccc1N(CC(=O)N(Cc1ccc(Cl)c(Cl)c1)[C@H](Cc1ccccc1)C(=O)NC(C)(C)C)S(=O)(=O)c1ccc(C)cc1. The number of sulfonamides is 1. The number of hydrogen-bond acceptors (Lipinski definition) is 5. The van der Waals surface area contributed by atoms with Gasteiger partial charge in [0.25, 0.3) is 10.0 Å². The topological polar surface area (TPSA) is 96.0 Å². The Morgan fingerprint density at radius 1 is 0.851 bits per heavy atom. The molecule has 8 nitrogen and oxygen atoms in total. The van der Waals surface area contributed by atoms with Crippen molar-refractivity contribution >= 4 is 50.7 Å². The average molecular weight is 697 g/mol. The van der Waals surface area contributed by atoms with E-state index in [0.717, 1.165) is 15.4 Å². The number of carbonyl (C=O) groups is 2. The van der Waals surface area contributed by atoms with Crippen LogP contribution in [0.1, 0.15) is 37.5 Å². The van der Waals surface area contributed by atoms with Crippen molar-refractivity contribution in [3.8, 4) is 5.75 Å². The van der Waals surface area contributed by atoms with Crippen LogP contribution in [0.3, 0.4) is 0 Å². The fourth-order valence-electron chi connectivity index (χ4n) is 5.03. The van der Waals surface area contributed by atoms with Gasteiger partial charge >= 0.3 is 0 Å². The van der Waals surface area contributed by atoms with Gasteiger partial charge in [-0.3, -0.25) is 13.9 Å². The number of halogens is 2. The number of nitrogens with zero attached hydrogens (tertiary/aromatic N) is 2. The van der Waals surface area contributed by atoms with Gasteiger partial charge in [0, 0.05) is 18.5 Å². The standard InChI is InChI=1S/C36H39Cl2N3O5S/c1-25-15-18-28(19-16-25)47(44,45)41(31-13-9-10-14-33(31)46-5)24-34(42)40(23-27-17-20-29(37)30(38)21-27)32(35(43)39-36(2,3)4)22-26-11-7-6-8-12-26/h6-21,32H,22-24H2,1-5H3,(H,39,43)/t32-/m1/s1. The highest BCUT2D eigenvalue weighted by Gasteiger charge is 2.36. The number of anilines is 1. The van der Waals surface area contributed by atoms with E-state index in [0.29, 0.717) is 10.6 Å². The highest BCUT2D eigenvalue weighted by Crippen LogP contribution is 2.33. The van der Waals surface area contributed by atoms with Crippen molar-refractivity contribution in [2.75, 3.05) is 18.0 Å². The molecule has 0 spiro atoms. The van der Waals surface area contributed by atoms with E-state index in [1.165, 1.54) is 24.1 Å². The molecule has 0 aromatic heterocycles. The molecule has 47 heavy (non-hydrogen) atoms. The molecule has 0 heterocycles. The number of carbonyl (C=O) groups excluding carboxylic acids is 2.